The van der Waals surface area contributed by atoms with E-state index in [-0.39, 0.29) is 17.6 Å². The summed E-state index contributed by atoms with van der Waals surface area (Å²) < 4.78 is 0.965. The second kappa shape index (κ2) is 13.3. The number of carbonyl (C=O) groups excluding carboxylic acids is 2. The van der Waals surface area contributed by atoms with Crippen LogP contribution in [0.5, 0.6) is 0 Å². The minimum atomic E-state index is -0.644. The molecule has 0 saturated heterocycles. The van der Waals surface area contributed by atoms with E-state index >= 15 is 0 Å². The lowest BCUT2D eigenvalue weighted by atomic mass is 10.0. The van der Waals surface area contributed by atoms with E-state index in [9.17, 15) is 9.59 Å². The highest BCUT2D eigenvalue weighted by molar-refractivity contribution is 9.10. The Morgan fingerprint density at radius 3 is 2.25 bits per heavy atom. The zero-order chi connectivity index (χ0) is 26.1. The number of hydrogen-bond acceptors (Lipinski definition) is 3. The smallest absolute Gasteiger partial charge is 0.243 e. The van der Waals surface area contributed by atoms with Crippen molar-refractivity contribution in [3.8, 4) is 0 Å². The second-order valence-electron chi connectivity index (χ2n) is 9.72. The van der Waals surface area contributed by atoms with Gasteiger partial charge < -0.3 is 10.2 Å². The summed E-state index contributed by atoms with van der Waals surface area (Å²) in [7, 11) is 0. The van der Waals surface area contributed by atoms with Gasteiger partial charge in [-0.05, 0) is 61.7 Å². The molecule has 3 aromatic carbocycles. The van der Waals surface area contributed by atoms with Crippen molar-refractivity contribution in [3.63, 3.8) is 0 Å². The summed E-state index contributed by atoms with van der Waals surface area (Å²) in [6.07, 6.45) is 0.435. The fraction of sp³-hybridized carbons (Fsp3) is 0.310. The second-order valence-corrected chi connectivity index (χ2v) is 12.1. The molecular formula is C29H32BrClN2O2S. The Hall–Kier alpha value is -2.28. The van der Waals surface area contributed by atoms with Gasteiger partial charge in [0.1, 0.15) is 6.04 Å². The molecule has 0 saturated carbocycles. The molecule has 0 unspecified atom stereocenters. The average Bonchev–Trinajstić information content (AvgIpc) is 2.82. The number of rotatable bonds is 10. The zero-order valence-electron chi connectivity index (χ0n) is 20.8. The van der Waals surface area contributed by atoms with E-state index in [0.29, 0.717) is 23.7 Å². The molecule has 1 atom stereocenters. The summed E-state index contributed by atoms with van der Waals surface area (Å²) in [5.74, 6) is 0.694. The van der Waals surface area contributed by atoms with Crippen molar-refractivity contribution in [3.05, 3.63) is 105 Å². The molecule has 190 valence electrons. The number of benzene rings is 3. The summed E-state index contributed by atoms with van der Waals surface area (Å²) in [6, 6.07) is 24.7. The van der Waals surface area contributed by atoms with Crippen LogP contribution < -0.4 is 5.32 Å². The minimum absolute atomic E-state index is 0.0741. The molecule has 0 aliphatic heterocycles. The van der Waals surface area contributed by atoms with Crippen LogP contribution in [0.25, 0.3) is 0 Å². The Balaban J connectivity index is 1.86. The predicted octanol–water partition coefficient (Wildman–Crippen LogP) is 6.89. The summed E-state index contributed by atoms with van der Waals surface area (Å²) in [5, 5.41) is 3.77. The van der Waals surface area contributed by atoms with Crippen molar-refractivity contribution in [1.82, 2.24) is 10.2 Å². The summed E-state index contributed by atoms with van der Waals surface area (Å²) in [6.45, 7) is 6.20. The summed E-state index contributed by atoms with van der Waals surface area (Å²) in [4.78, 5) is 28.9. The van der Waals surface area contributed by atoms with Crippen molar-refractivity contribution in [2.45, 2.75) is 51.1 Å². The maximum Gasteiger partial charge on any atom is 0.243 e. The molecule has 3 aromatic rings. The van der Waals surface area contributed by atoms with Crippen LogP contribution >= 0.6 is 39.3 Å². The van der Waals surface area contributed by atoms with Crippen LogP contribution in [0.3, 0.4) is 0 Å². The molecule has 0 radical (unpaired) electrons. The SMILES string of the molecule is CC(C)(C)NC(=O)[C@@H](Cc1ccccc1)N(Cc1ccc(Br)cc1)C(=O)CSCc1cccc(Cl)c1. The Bertz CT molecular complexity index is 1150. The highest BCUT2D eigenvalue weighted by Crippen LogP contribution is 2.21. The normalized spacial score (nSPS) is 12.1. The predicted molar refractivity (Wildman–Crippen MR) is 154 cm³/mol. The van der Waals surface area contributed by atoms with Gasteiger partial charge in [0.2, 0.25) is 11.8 Å². The molecule has 0 aliphatic rings. The van der Waals surface area contributed by atoms with Gasteiger partial charge in [0.15, 0.2) is 0 Å². The molecule has 2 amide bonds. The van der Waals surface area contributed by atoms with Gasteiger partial charge in [-0.15, -0.1) is 11.8 Å². The number of nitrogens with one attached hydrogen (secondary N) is 1. The number of thioether (sulfide) groups is 1. The molecular weight excluding hydrogens is 556 g/mol. The van der Waals surface area contributed by atoms with Crippen molar-refractivity contribution < 1.29 is 9.59 Å². The highest BCUT2D eigenvalue weighted by Gasteiger charge is 2.32. The first-order valence-electron chi connectivity index (χ1n) is 11.8. The highest BCUT2D eigenvalue weighted by atomic mass is 79.9. The number of nitrogens with zero attached hydrogens (tertiary/aromatic N) is 1. The Labute approximate surface area is 231 Å². The number of hydrogen-bond donors (Lipinski definition) is 1. The molecule has 4 nitrogen and oxygen atoms in total. The van der Waals surface area contributed by atoms with Crippen LogP contribution in [0.4, 0.5) is 0 Å². The van der Waals surface area contributed by atoms with E-state index in [0.717, 1.165) is 21.2 Å². The molecule has 7 heteroatoms. The summed E-state index contributed by atoms with van der Waals surface area (Å²) >= 11 is 11.1. The van der Waals surface area contributed by atoms with E-state index in [2.05, 4.69) is 21.2 Å². The van der Waals surface area contributed by atoms with Gasteiger partial charge >= 0.3 is 0 Å². The van der Waals surface area contributed by atoms with Crippen molar-refractivity contribution in [2.75, 3.05) is 5.75 Å². The van der Waals surface area contributed by atoms with Gasteiger partial charge in [-0.3, -0.25) is 9.59 Å². The quantitative estimate of drug-likeness (QED) is 0.281. The van der Waals surface area contributed by atoms with E-state index in [1.165, 1.54) is 11.8 Å². The first kappa shape index (κ1) is 28.3. The third-order valence-electron chi connectivity index (χ3n) is 5.42. The van der Waals surface area contributed by atoms with Gasteiger partial charge in [-0.2, -0.15) is 0 Å². The lowest BCUT2D eigenvalue weighted by molar-refractivity contribution is -0.140. The van der Waals surface area contributed by atoms with E-state index in [1.54, 1.807) is 4.90 Å². The number of amides is 2. The number of carbonyl (C=O) groups is 2. The molecule has 36 heavy (non-hydrogen) atoms. The van der Waals surface area contributed by atoms with E-state index in [1.807, 2.05) is 99.6 Å². The van der Waals surface area contributed by atoms with Gasteiger partial charge in [-0.1, -0.05) is 82.1 Å². The van der Waals surface area contributed by atoms with Gasteiger partial charge in [0.05, 0.1) is 5.75 Å². The van der Waals surface area contributed by atoms with Crippen LogP contribution in [0, 0.1) is 0 Å². The topological polar surface area (TPSA) is 49.4 Å². The molecule has 0 heterocycles. The lowest BCUT2D eigenvalue weighted by Gasteiger charge is -2.34. The van der Waals surface area contributed by atoms with Crippen LogP contribution in [0.15, 0.2) is 83.3 Å². The lowest BCUT2D eigenvalue weighted by Crippen LogP contribution is -2.54. The van der Waals surface area contributed by atoms with Crippen LogP contribution in [-0.4, -0.2) is 34.0 Å². The van der Waals surface area contributed by atoms with Gasteiger partial charge in [-0.25, -0.2) is 0 Å². The third-order valence-corrected chi connectivity index (χ3v) is 7.17. The Kier molecular flexibility index (Phi) is 10.5. The first-order chi connectivity index (χ1) is 17.1. The first-order valence-corrected chi connectivity index (χ1v) is 14.2. The van der Waals surface area contributed by atoms with Gasteiger partial charge in [0.25, 0.3) is 0 Å². The molecule has 0 fully saturated rings. The monoisotopic (exact) mass is 586 g/mol. The van der Waals surface area contributed by atoms with Crippen LogP contribution in [-0.2, 0) is 28.3 Å². The molecule has 1 N–H and O–H groups in total. The molecule has 0 aromatic heterocycles. The largest absolute Gasteiger partial charge is 0.350 e. The average molecular weight is 588 g/mol. The maximum atomic E-state index is 13.7. The molecule has 3 rings (SSSR count). The Morgan fingerprint density at radius 1 is 0.944 bits per heavy atom. The molecule has 0 bridgehead atoms. The fourth-order valence-corrected chi connectivity index (χ4v) is 5.09. The third kappa shape index (κ3) is 9.30. The summed E-state index contributed by atoms with van der Waals surface area (Å²) in [5.41, 5.74) is 2.62. The zero-order valence-corrected chi connectivity index (χ0v) is 24.0. The standard InChI is InChI=1S/C29H32BrClN2O2S/c1-29(2,3)32-28(35)26(17-21-8-5-4-6-9-21)33(18-22-12-14-24(30)15-13-22)27(34)20-36-19-23-10-7-11-25(31)16-23/h4-16,26H,17-20H2,1-3H3,(H,32,35)/t26-/m1/s1. The molecule has 0 spiro atoms. The van der Waals surface area contributed by atoms with Crippen molar-refractivity contribution >= 4 is 51.1 Å². The van der Waals surface area contributed by atoms with Crippen LogP contribution in [0.1, 0.15) is 37.5 Å². The van der Waals surface area contributed by atoms with Gasteiger partial charge in [0, 0.05) is 33.8 Å². The van der Waals surface area contributed by atoms with E-state index < -0.39 is 11.6 Å². The minimum Gasteiger partial charge on any atom is -0.350 e. The van der Waals surface area contributed by atoms with Crippen LogP contribution in [0.2, 0.25) is 5.02 Å². The Morgan fingerprint density at radius 2 is 1.61 bits per heavy atom. The number of halogens is 2. The van der Waals surface area contributed by atoms with Crippen molar-refractivity contribution in [2.24, 2.45) is 0 Å². The fourth-order valence-electron chi connectivity index (χ4n) is 3.76. The maximum absolute atomic E-state index is 13.7. The molecule has 0 aliphatic carbocycles. The van der Waals surface area contributed by atoms with E-state index in [4.69, 9.17) is 11.6 Å². The van der Waals surface area contributed by atoms with Crippen molar-refractivity contribution in [1.29, 1.82) is 0 Å².